The summed E-state index contributed by atoms with van der Waals surface area (Å²) in [5, 5.41) is 19.6. The van der Waals surface area contributed by atoms with E-state index in [9.17, 15) is 14.9 Å². The largest absolute Gasteiger partial charge is 0.372 e. The molecular formula is C11H12N6O4. The quantitative estimate of drug-likeness (QED) is 0.605. The summed E-state index contributed by atoms with van der Waals surface area (Å²) >= 11 is 0. The first-order valence-corrected chi connectivity index (χ1v) is 5.91. The molecule has 2 heterocycles. The Labute approximate surface area is 118 Å². The number of hydrogen-bond donors (Lipinski definition) is 2. The molecule has 0 radical (unpaired) electrons. The van der Waals surface area contributed by atoms with Crippen molar-refractivity contribution in [2.45, 2.75) is 13.5 Å². The van der Waals surface area contributed by atoms with Crippen molar-refractivity contribution in [2.75, 3.05) is 12.4 Å². The maximum atomic E-state index is 12.1. The van der Waals surface area contributed by atoms with E-state index < -0.39 is 10.8 Å². The van der Waals surface area contributed by atoms with Gasteiger partial charge in [-0.3, -0.25) is 14.9 Å². The van der Waals surface area contributed by atoms with Gasteiger partial charge in [0.25, 0.3) is 11.6 Å². The summed E-state index contributed by atoms with van der Waals surface area (Å²) in [7, 11) is 1.56. The number of nitrogens with zero attached hydrogens (tertiary/aromatic N) is 4. The number of rotatable bonds is 5. The molecule has 10 heteroatoms. The molecule has 0 saturated heterocycles. The lowest BCUT2D eigenvalue weighted by atomic mass is 10.2. The van der Waals surface area contributed by atoms with Crippen LogP contribution in [0.5, 0.6) is 0 Å². The summed E-state index contributed by atoms with van der Waals surface area (Å²) in [6, 6.07) is 1.15. The van der Waals surface area contributed by atoms with Gasteiger partial charge in [0.15, 0.2) is 5.82 Å². The van der Waals surface area contributed by atoms with Crippen LogP contribution < -0.4 is 10.6 Å². The second kappa shape index (κ2) is 5.94. The van der Waals surface area contributed by atoms with Crippen molar-refractivity contribution >= 4 is 17.4 Å². The fraction of sp³-hybridized carbons (Fsp3) is 0.273. The van der Waals surface area contributed by atoms with E-state index in [1.807, 2.05) is 0 Å². The number of nitro groups is 1. The average Bonchev–Trinajstić information content (AvgIpc) is 2.89. The second-order valence-corrected chi connectivity index (χ2v) is 4.01. The first-order chi connectivity index (χ1) is 10.0. The van der Waals surface area contributed by atoms with Crippen molar-refractivity contribution in [3.05, 3.63) is 39.7 Å². The van der Waals surface area contributed by atoms with Gasteiger partial charge in [-0.1, -0.05) is 5.16 Å². The highest BCUT2D eigenvalue weighted by Crippen LogP contribution is 2.18. The Bertz CT molecular complexity index is 683. The molecule has 2 aromatic heterocycles. The molecule has 0 atom stereocenters. The number of carbonyl (C=O) groups is 1. The average molecular weight is 292 g/mol. The number of aromatic nitrogens is 3. The Morgan fingerprint density at radius 1 is 1.52 bits per heavy atom. The monoisotopic (exact) mass is 292 g/mol. The molecule has 110 valence electrons. The Kier molecular flexibility index (Phi) is 4.07. The lowest BCUT2D eigenvalue weighted by Crippen LogP contribution is -2.24. The highest BCUT2D eigenvalue weighted by atomic mass is 16.6. The van der Waals surface area contributed by atoms with Gasteiger partial charge in [-0.2, -0.15) is 4.98 Å². The van der Waals surface area contributed by atoms with E-state index in [-0.39, 0.29) is 29.5 Å². The molecule has 2 N–H and O–H groups in total. The number of nitrogens with one attached hydrogen (secondary N) is 2. The number of amides is 1. The Hall–Kier alpha value is -3.04. The van der Waals surface area contributed by atoms with E-state index in [2.05, 4.69) is 25.8 Å². The van der Waals surface area contributed by atoms with E-state index >= 15 is 0 Å². The molecule has 0 aliphatic rings. The van der Waals surface area contributed by atoms with Gasteiger partial charge in [-0.25, -0.2) is 4.98 Å². The molecule has 2 rings (SSSR count). The van der Waals surface area contributed by atoms with Gasteiger partial charge < -0.3 is 15.2 Å². The zero-order valence-electron chi connectivity index (χ0n) is 11.3. The maximum Gasteiger partial charge on any atom is 0.288 e. The van der Waals surface area contributed by atoms with E-state index in [0.717, 1.165) is 12.3 Å². The molecule has 0 aliphatic carbocycles. The molecule has 10 nitrogen and oxygen atoms in total. The van der Waals surface area contributed by atoms with Gasteiger partial charge in [-0.05, 0) is 6.92 Å². The number of anilines is 1. The second-order valence-electron chi connectivity index (χ2n) is 4.01. The van der Waals surface area contributed by atoms with Crippen LogP contribution >= 0.6 is 0 Å². The molecule has 0 aliphatic heterocycles. The van der Waals surface area contributed by atoms with Crippen LogP contribution in [-0.4, -0.2) is 33.0 Å². The van der Waals surface area contributed by atoms with Gasteiger partial charge >= 0.3 is 0 Å². The van der Waals surface area contributed by atoms with Gasteiger partial charge in [0, 0.05) is 13.1 Å². The Morgan fingerprint density at radius 2 is 2.29 bits per heavy atom. The highest BCUT2D eigenvalue weighted by molar-refractivity contribution is 5.99. The summed E-state index contributed by atoms with van der Waals surface area (Å²) in [5.41, 5.74) is -0.212. The van der Waals surface area contributed by atoms with Crippen LogP contribution in [0.4, 0.5) is 11.5 Å². The normalized spacial score (nSPS) is 10.2. The first kappa shape index (κ1) is 14.4. The summed E-state index contributed by atoms with van der Waals surface area (Å²) < 4.78 is 4.85. The van der Waals surface area contributed by atoms with Crippen molar-refractivity contribution in [3.63, 3.8) is 0 Å². The molecule has 21 heavy (non-hydrogen) atoms. The van der Waals surface area contributed by atoms with Crippen molar-refractivity contribution in [2.24, 2.45) is 0 Å². The van der Waals surface area contributed by atoms with Crippen LogP contribution in [0.25, 0.3) is 0 Å². The molecular weight excluding hydrogens is 280 g/mol. The van der Waals surface area contributed by atoms with Gasteiger partial charge in [0.05, 0.1) is 17.0 Å². The molecule has 0 fully saturated rings. The lowest BCUT2D eigenvalue weighted by Gasteiger charge is -2.07. The molecule has 2 aromatic rings. The summed E-state index contributed by atoms with van der Waals surface area (Å²) in [5.74, 6) is 0.392. The van der Waals surface area contributed by atoms with E-state index in [4.69, 9.17) is 4.52 Å². The van der Waals surface area contributed by atoms with Crippen LogP contribution in [0, 0.1) is 17.0 Å². The van der Waals surface area contributed by atoms with Crippen molar-refractivity contribution in [1.29, 1.82) is 0 Å². The van der Waals surface area contributed by atoms with Gasteiger partial charge in [0.1, 0.15) is 12.0 Å². The summed E-state index contributed by atoms with van der Waals surface area (Å²) in [6.45, 7) is 1.67. The fourth-order valence-electron chi connectivity index (χ4n) is 1.59. The Balaban J connectivity index is 2.17. The highest BCUT2D eigenvalue weighted by Gasteiger charge is 2.18. The molecule has 0 bridgehead atoms. The zero-order valence-corrected chi connectivity index (χ0v) is 11.3. The van der Waals surface area contributed by atoms with Crippen LogP contribution in [0.3, 0.4) is 0 Å². The number of aryl methyl sites for hydroxylation is 1. The number of hydrogen-bond acceptors (Lipinski definition) is 8. The maximum absolute atomic E-state index is 12.1. The minimum atomic E-state index is -0.620. The fourth-order valence-corrected chi connectivity index (χ4v) is 1.59. The predicted molar refractivity (Wildman–Crippen MR) is 70.6 cm³/mol. The minimum Gasteiger partial charge on any atom is -0.372 e. The van der Waals surface area contributed by atoms with Crippen molar-refractivity contribution in [3.8, 4) is 0 Å². The van der Waals surface area contributed by atoms with Crippen molar-refractivity contribution < 1.29 is 14.2 Å². The first-order valence-electron chi connectivity index (χ1n) is 5.91. The lowest BCUT2D eigenvalue weighted by molar-refractivity contribution is -0.385. The van der Waals surface area contributed by atoms with Crippen LogP contribution in [0.1, 0.15) is 22.1 Å². The van der Waals surface area contributed by atoms with Crippen LogP contribution in [0.15, 0.2) is 16.8 Å². The molecule has 0 unspecified atom stereocenters. The molecule has 0 saturated carbocycles. The van der Waals surface area contributed by atoms with E-state index in [0.29, 0.717) is 5.82 Å². The zero-order chi connectivity index (χ0) is 15.4. The molecule has 0 spiro atoms. The van der Waals surface area contributed by atoms with E-state index in [1.165, 1.54) is 0 Å². The standard InChI is InChI=1S/C11H12N6O4/c1-6-15-9(21-16-6)5-14-11(18)8-3-7(17(19)20)4-13-10(8)12-2/h3-4H,5H2,1-2H3,(H,12,13)(H,14,18). The predicted octanol–water partition coefficient (Wildman–Crippen LogP) is 0.653. The SMILES string of the molecule is CNc1ncc([N+](=O)[O-])cc1C(=O)NCc1nc(C)no1. The topological polar surface area (TPSA) is 136 Å². The minimum absolute atomic E-state index is 0.0194. The number of carbonyl (C=O) groups excluding carboxylic acids is 1. The summed E-state index contributed by atoms with van der Waals surface area (Å²) in [6.07, 6.45) is 1.07. The number of pyridine rings is 1. The van der Waals surface area contributed by atoms with Crippen LogP contribution in [-0.2, 0) is 6.54 Å². The third kappa shape index (κ3) is 3.29. The molecule has 1 amide bonds. The smallest absolute Gasteiger partial charge is 0.288 e. The molecule has 0 aromatic carbocycles. The Morgan fingerprint density at radius 3 is 2.86 bits per heavy atom. The van der Waals surface area contributed by atoms with Crippen molar-refractivity contribution in [1.82, 2.24) is 20.4 Å². The summed E-state index contributed by atoms with van der Waals surface area (Å²) in [4.78, 5) is 30.0. The van der Waals surface area contributed by atoms with Gasteiger partial charge in [0.2, 0.25) is 5.89 Å². The van der Waals surface area contributed by atoms with Crippen LogP contribution in [0.2, 0.25) is 0 Å². The third-order valence-electron chi connectivity index (χ3n) is 2.54. The third-order valence-corrected chi connectivity index (χ3v) is 2.54. The van der Waals surface area contributed by atoms with E-state index in [1.54, 1.807) is 14.0 Å². The van der Waals surface area contributed by atoms with Gasteiger partial charge in [-0.15, -0.1) is 0 Å².